The number of nitrogens with one attached hydrogen (secondary N) is 1. The number of carbonyl (C=O) groups excluding carboxylic acids is 2. The van der Waals surface area contributed by atoms with Crippen LogP contribution in [0.5, 0.6) is 17.2 Å². The molecule has 5 aromatic rings. The van der Waals surface area contributed by atoms with Gasteiger partial charge in [-0.05, 0) is 73.0 Å². The van der Waals surface area contributed by atoms with E-state index in [1.165, 1.54) is 0 Å². The van der Waals surface area contributed by atoms with Gasteiger partial charge >= 0.3 is 5.97 Å². The Kier molecular flexibility index (Phi) is 13.3. The Hall–Kier alpha value is -5.29. The van der Waals surface area contributed by atoms with Gasteiger partial charge in [-0.25, -0.2) is 0 Å². The van der Waals surface area contributed by atoms with Crippen LogP contribution in [-0.2, 0) is 22.5 Å². The van der Waals surface area contributed by atoms with Crippen LogP contribution in [0.3, 0.4) is 0 Å². The summed E-state index contributed by atoms with van der Waals surface area (Å²) in [5.41, 5.74) is 3.10. The number of esters is 1. The van der Waals surface area contributed by atoms with Crippen molar-refractivity contribution in [2.45, 2.75) is 38.5 Å². The Morgan fingerprint density at radius 3 is 2.34 bits per heavy atom. The van der Waals surface area contributed by atoms with Crippen molar-refractivity contribution < 1.29 is 34.0 Å². The van der Waals surface area contributed by atoms with Gasteiger partial charge in [0, 0.05) is 42.8 Å². The van der Waals surface area contributed by atoms with Gasteiger partial charge in [0.25, 0.3) is 5.91 Å². The van der Waals surface area contributed by atoms with Gasteiger partial charge in [0.05, 0.1) is 25.2 Å². The zero-order valence-corrected chi connectivity index (χ0v) is 28.1. The predicted octanol–water partition coefficient (Wildman–Crippen LogP) is 5.56. The first kappa shape index (κ1) is 36.0. The molecular formula is C40H43N3O7. The van der Waals surface area contributed by atoms with Gasteiger partial charge in [0.1, 0.15) is 30.0 Å². The van der Waals surface area contributed by atoms with Crippen molar-refractivity contribution in [3.63, 3.8) is 0 Å². The third-order valence-electron chi connectivity index (χ3n) is 8.09. The topological polar surface area (TPSA) is 130 Å². The highest BCUT2D eigenvalue weighted by Crippen LogP contribution is 2.30. The number of rotatable bonds is 18. The molecule has 1 aromatic heterocycles. The van der Waals surface area contributed by atoms with Crippen molar-refractivity contribution in [1.29, 1.82) is 0 Å². The van der Waals surface area contributed by atoms with Gasteiger partial charge in [-0.2, -0.15) is 0 Å². The molecule has 3 N–H and O–H groups in total. The van der Waals surface area contributed by atoms with Gasteiger partial charge < -0.3 is 29.7 Å². The van der Waals surface area contributed by atoms with Gasteiger partial charge in [-0.1, -0.05) is 60.7 Å². The zero-order valence-electron chi connectivity index (χ0n) is 28.1. The first-order chi connectivity index (χ1) is 24.4. The second kappa shape index (κ2) is 18.5. The second-order valence-electron chi connectivity index (χ2n) is 11.8. The van der Waals surface area contributed by atoms with Gasteiger partial charge in [-0.3, -0.25) is 19.5 Å². The van der Waals surface area contributed by atoms with E-state index in [2.05, 4.69) is 15.2 Å². The molecule has 0 aliphatic heterocycles. The third kappa shape index (κ3) is 10.6. The van der Waals surface area contributed by atoms with Crippen molar-refractivity contribution in [2.75, 3.05) is 32.9 Å². The Labute approximate surface area is 292 Å². The molecule has 1 amide bonds. The monoisotopic (exact) mass is 677 g/mol. The highest BCUT2D eigenvalue weighted by Gasteiger charge is 2.22. The number of hydrogen-bond acceptors (Lipinski definition) is 9. The van der Waals surface area contributed by atoms with Crippen LogP contribution in [0.4, 0.5) is 0 Å². The molecule has 4 aromatic carbocycles. The number of hydrogen-bond donors (Lipinski definition) is 3. The van der Waals surface area contributed by atoms with Crippen LogP contribution in [0.25, 0.3) is 10.9 Å². The van der Waals surface area contributed by atoms with Crippen molar-refractivity contribution in [3.05, 3.63) is 132 Å². The van der Waals surface area contributed by atoms with E-state index in [4.69, 9.17) is 14.2 Å². The van der Waals surface area contributed by atoms with E-state index in [1.54, 1.807) is 37.4 Å². The minimum absolute atomic E-state index is 0.0915. The average molecular weight is 678 g/mol. The number of benzene rings is 4. The molecule has 0 saturated heterocycles. The summed E-state index contributed by atoms with van der Waals surface area (Å²) in [5, 5.41) is 24.9. The summed E-state index contributed by atoms with van der Waals surface area (Å²) in [6.07, 6.45) is 1.52. The number of nitrogens with zero attached hydrogens (tertiary/aromatic N) is 2. The molecule has 50 heavy (non-hydrogen) atoms. The lowest BCUT2D eigenvalue weighted by atomic mass is 10.0. The summed E-state index contributed by atoms with van der Waals surface area (Å²) >= 11 is 0. The SMILES string of the molecule is CCOC(=O)CCNC(=O)c1ccc2c(Oc3ccc(C[C@@H](CO)N(Cc4ccccc4)C[C@H](O)COc4ccccc4)cc3)ccnc2c1. The molecule has 10 heteroatoms. The van der Waals surface area contributed by atoms with E-state index in [9.17, 15) is 19.8 Å². The third-order valence-corrected chi connectivity index (χ3v) is 8.09. The fraction of sp³-hybridized carbons (Fsp3) is 0.275. The lowest BCUT2D eigenvalue weighted by Gasteiger charge is -2.32. The van der Waals surface area contributed by atoms with Crippen molar-refractivity contribution in [2.24, 2.45) is 0 Å². The molecule has 1 heterocycles. The molecule has 2 atom stereocenters. The van der Waals surface area contributed by atoms with Gasteiger partial charge in [0.15, 0.2) is 0 Å². The van der Waals surface area contributed by atoms with Crippen LogP contribution in [0, 0.1) is 0 Å². The molecule has 5 rings (SSSR count). The first-order valence-corrected chi connectivity index (χ1v) is 16.8. The summed E-state index contributed by atoms with van der Waals surface area (Å²) < 4.78 is 16.9. The molecule has 0 fully saturated rings. The lowest BCUT2D eigenvalue weighted by molar-refractivity contribution is -0.142. The molecular weight excluding hydrogens is 634 g/mol. The molecule has 0 radical (unpaired) electrons. The molecule has 260 valence electrons. The summed E-state index contributed by atoms with van der Waals surface area (Å²) in [6, 6.07) is 33.8. The van der Waals surface area contributed by atoms with Crippen LogP contribution in [0.1, 0.15) is 34.8 Å². The van der Waals surface area contributed by atoms with Crippen LogP contribution in [0.15, 0.2) is 115 Å². The fourth-order valence-corrected chi connectivity index (χ4v) is 5.56. The number of aromatic nitrogens is 1. The summed E-state index contributed by atoms with van der Waals surface area (Å²) in [6.45, 7) is 3.13. The fourth-order valence-electron chi connectivity index (χ4n) is 5.56. The van der Waals surface area contributed by atoms with Crippen LogP contribution < -0.4 is 14.8 Å². The average Bonchev–Trinajstić information content (AvgIpc) is 3.14. The van der Waals surface area contributed by atoms with Crippen molar-refractivity contribution in [3.8, 4) is 17.2 Å². The number of fused-ring (bicyclic) bond motifs is 1. The highest BCUT2D eigenvalue weighted by molar-refractivity contribution is 5.99. The number of carbonyl (C=O) groups is 2. The number of ether oxygens (including phenoxy) is 3. The molecule has 0 saturated carbocycles. The molecule has 0 aliphatic carbocycles. The smallest absolute Gasteiger partial charge is 0.307 e. The van der Waals surface area contributed by atoms with E-state index >= 15 is 0 Å². The summed E-state index contributed by atoms with van der Waals surface area (Å²) in [4.78, 5) is 30.7. The Balaban J connectivity index is 1.22. The number of amides is 1. The summed E-state index contributed by atoms with van der Waals surface area (Å²) in [7, 11) is 0. The molecule has 10 nitrogen and oxygen atoms in total. The largest absolute Gasteiger partial charge is 0.491 e. The minimum atomic E-state index is -0.763. The van der Waals surface area contributed by atoms with Crippen molar-refractivity contribution >= 4 is 22.8 Å². The Bertz CT molecular complexity index is 1800. The van der Waals surface area contributed by atoms with Crippen LogP contribution >= 0.6 is 0 Å². The predicted molar refractivity (Wildman–Crippen MR) is 191 cm³/mol. The quantitative estimate of drug-likeness (QED) is 0.102. The first-order valence-electron chi connectivity index (χ1n) is 16.8. The van der Waals surface area contributed by atoms with Crippen LogP contribution in [-0.4, -0.2) is 77.0 Å². The summed E-state index contributed by atoms with van der Waals surface area (Å²) in [5.74, 6) is 1.24. The number of pyridine rings is 1. The minimum Gasteiger partial charge on any atom is -0.491 e. The maximum Gasteiger partial charge on any atom is 0.307 e. The lowest BCUT2D eigenvalue weighted by Crippen LogP contribution is -2.44. The Morgan fingerprint density at radius 1 is 0.880 bits per heavy atom. The number of aliphatic hydroxyl groups excluding tert-OH is 2. The molecule has 0 unspecified atom stereocenters. The number of para-hydroxylation sites is 1. The normalized spacial score (nSPS) is 12.3. The standard InChI is InChI=1S/C40H43N3O7/c1-2-48-39(46)20-22-42-40(47)31-15-18-36-37(24-31)41-21-19-38(36)50-35-16-13-29(14-17-35)23-32(27-44)43(25-30-9-5-3-6-10-30)26-33(45)28-49-34-11-7-4-8-12-34/h3-19,21,24,32-33,44-45H,2,20,22-23,25-28H2,1H3,(H,42,47)/t32-,33-/m0/s1. The maximum absolute atomic E-state index is 12.6. The molecule has 0 aliphatic rings. The zero-order chi connectivity index (χ0) is 35.1. The van der Waals surface area contributed by atoms with E-state index in [1.807, 2.05) is 84.9 Å². The maximum atomic E-state index is 12.6. The van der Waals surface area contributed by atoms with Crippen molar-refractivity contribution in [1.82, 2.24) is 15.2 Å². The molecule has 0 bridgehead atoms. The van der Waals surface area contributed by atoms with Gasteiger partial charge in [0.2, 0.25) is 0 Å². The Morgan fingerprint density at radius 2 is 1.62 bits per heavy atom. The van der Waals surface area contributed by atoms with E-state index in [0.29, 0.717) is 54.4 Å². The number of aliphatic hydroxyl groups is 2. The van der Waals surface area contributed by atoms with Crippen LogP contribution in [0.2, 0.25) is 0 Å². The van der Waals surface area contributed by atoms with E-state index in [0.717, 1.165) is 16.5 Å². The van der Waals surface area contributed by atoms with E-state index in [-0.39, 0.29) is 44.1 Å². The van der Waals surface area contributed by atoms with Gasteiger partial charge in [-0.15, -0.1) is 0 Å². The molecule has 0 spiro atoms. The van der Waals surface area contributed by atoms with E-state index < -0.39 is 6.10 Å². The highest BCUT2D eigenvalue weighted by atomic mass is 16.5. The second-order valence-corrected chi connectivity index (χ2v) is 11.8.